The summed E-state index contributed by atoms with van der Waals surface area (Å²) in [6, 6.07) is 10.3. The van der Waals surface area contributed by atoms with E-state index in [2.05, 4.69) is 20.6 Å². The second-order valence-electron chi connectivity index (χ2n) is 9.80. The minimum Gasteiger partial charge on any atom is -0.439 e. The summed E-state index contributed by atoms with van der Waals surface area (Å²) < 4.78 is 45.9. The molecule has 4 rings (SSSR count). The number of anilines is 2. The molecule has 7 nitrogen and oxygen atoms in total. The van der Waals surface area contributed by atoms with Crippen molar-refractivity contribution in [1.29, 1.82) is 0 Å². The molecule has 2 N–H and O–H groups in total. The van der Waals surface area contributed by atoms with Crippen molar-refractivity contribution < 1.29 is 27.5 Å². The molecule has 1 aromatic heterocycles. The Morgan fingerprint density at radius 2 is 1.82 bits per heavy atom. The van der Waals surface area contributed by atoms with Gasteiger partial charge in [0.1, 0.15) is 23.7 Å². The predicted octanol–water partition coefficient (Wildman–Crippen LogP) is 6.12. The van der Waals surface area contributed by atoms with Crippen molar-refractivity contribution in [1.82, 2.24) is 9.97 Å². The van der Waals surface area contributed by atoms with E-state index in [0.717, 1.165) is 36.1 Å². The van der Waals surface area contributed by atoms with E-state index in [4.69, 9.17) is 4.74 Å². The molecule has 0 aliphatic heterocycles. The Hall–Kier alpha value is -3.95. The summed E-state index contributed by atoms with van der Waals surface area (Å²) in [4.78, 5) is 32.9. The van der Waals surface area contributed by atoms with Gasteiger partial charge in [-0.15, -0.1) is 0 Å². The lowest BCUT2D eigenvalue weighted by Gasteiger charge is -2.15. The summed E-state index contributed by atoms with van der Waals surface area (Å²) in [6.07, 6.45) is -1.50. The molecule has 0 bridgehead atoms. The highest BCUT2D eigenvalue weighted by atomic mass is 19.4. The molecule has 1 aliphatic rings. The van der Waals surface area contributed by atoms with Crippen LogP contribution in [0.2, 0.25) is 0 Å². The van der Waals surface area contributed by atoms with Gasteiger partial charge in [-0.3, -0.25) is 9.59 Å². The molecule has 3 aromatic rings. The number of rotatable bonds is 10. The highest BCUT2D eigenvalue weighted by molar-refractivity contribution is 5.93. The molecule has 0 atom stereocenters. The zero-order chi connectivity index (χ0) is 27.4. The van der Waals surface area contributed by atoms with E-state index < -0.39 is 11.7 Å². The fourth-order valence-corrected chi connectivity index (χ4v) is 3.97. The van der Waals surface area contributed by atoms with Gasteiger partial charge < -0.3 is 15.4 Å². The van der Waals surface area contributed by atoms with Gasteiger partial charge in [0.25, 0.3) is 0 Å². The van der Waals surface area contributed by atoms with Crippen LogP contribution >= 0.6 is 0 Å². The van der Waals surface area contributed by atoms with Gasteiger partial charge in [-0.05, 0) is 80.6 Å². The number of hydrogen-bond acceptors (Lipinski definition) is 6. The first-order valence-electron chi connectivity index (χ1n) is 12.4. The average molecular weight is 527 g/mol. The number of Topliss-reactive ketones (excluding diaryl/α,β-unsaturated/α-hetero) is 1. The lowest BCUT2D eigenvalue weighted by atomic mass is 9.98. The summed E-state index contributed by atoms with van der Waals surface area (Å²) in [7, 11) is 0. The van der Waals surface area contributed by atoms with Gasteiger partial charge in [0.15, 0.2) is 0 Å². The van der Waals surface area contributed by atoms with E-state index in [1.165, 1.54) is 12.4 Å². The molecule has 200 valence electrons. The minimum atomic E-state index is -4.51. The molecule has 1 heterocycles. The first-order valence-corrected chi connectivity index (χ1v) is 12.4. The number of alkyl halides is 3. The number of ether oxygens (including phenoxy) is 1. The molecule has 38 heavy (non-hydrogen) atoms. The molecule has 0 radical (unpaired) electrons. The number of carbonyl (C=O) groups is 2. The highest BCUT2D eigenvalue weighted by Crippen LogP contribution is 2.33. The second-order valence-corrected chi connectivity index (χ2v) is 9.80. The summed E-state index contributed by atoms with van der Waals surface area (Å²) in [5, 5.41) is 5.72. The van der Waals surface area contributed by atoms with Crippen LogP contribution in [0.15, 0.2) is 48.8 Å². The number of amides is 1. The van der Waals surface area contributed by atoms with Crippen LogP contribution in [-0.4, -0.2) is 27.7 Å². The maximum atomic E-state index is 13.4. The zero-order valence-corrected chi connectivity index (χ0v) is 21.4. The molecular weight excluding hydrogens is 497 g/mol. The minimum absolute atomic E-state index is 0.0413. The number of halogens is 3. The molecule has 1 aliphatic carbocycles. The van der Waals surface area contributed by atoms with E-state index >= 15 is 0 Å². The van der Waals surface area contributed by atoms with Crippen LogP contribution in [0.5, 0.6) is 11.6 Å². The smallest absolute Gasteiger partial charge is 0.416 e. The average Bonchev–Trinajstić information content (AvgIpc) is 3.66. The standard InChI is InChI=1S/C28H29F3N4O3/c1-16(2)34-22-10-18(9-21(13-22)28(29,30)31)11-23(36)12-20-6-7-24(8-17(20)3)38-26-14-25(32-15-33-26)35-27(37)19-4-5-19/h6-10,13-16,19,34H,4-5,11-12H2,1-3H3,(H,32,33,35,37). The fraction of sp³-hybridized carbons (Fsp3) is 0.357. The molecule has 1 amide bonds. The van der Waals surface area contributed by atoms with E-state index in [1.807, 2.05) is 20.8 Å². The van der Waals surface area contributed by atoms with Gasteiger partial charge in [0.05, 0.1) is 5.56 Å². The van der Waals surface area contributed by atoms with Gasteiger partial charge in [-0.1, -0.05) is 6.07 Å². The molecule has 2 aromatic carbocycles. The number of aryl methyl sites for hydroxylation is 1. The lowest BCUT2D eigenvalue weighted by molar-refractivity contribution is -0.137. The maximum Gasteiger partial charge on any atom is 0.416 e. The second kappa shape index (κ2) is 11.2. The van der Waals surface area contributed by atoms with Gasteiger partial charge in [0, 0.05) is 36.6 Å². The molecule has 0 saturated heterocycles. The van der Waals surface area contributed by atoms with Crippen molar-refractivity contribution in [3.63, 3.8) is 0 Å². The van der Waals surface area contributed by atoms with E-state index in [0.29, 0.717) is 22.8 Å². The first kappa shape index (κ1) is 27.1. The Morgan fingerprint density at radius 3 is 2.47 bits per heavy atom. The van der Waals surface area contributed by atoms with Crippen molar-refractivity contribution in [3.05, 3.63) is 71.0 Å². The number of nitrogens with zero attached hydrogens (tertiary/aromatic N) is 2. The van der Waals surface area contributed by atoms with Crippen molar-refractivity contribution in [3.8, 4) is 11.6 Å². The topological polar surface area (TPSA) is 93.2 Å². The van der Waals surface area contributed by atoms with Crippen LogP contribution in [0.4, 0.5) is 24.7 Å². The van der Waals surface area contributed by atoms with E-state index in [9.17, 15) is 22.8 Å². The molecule has 0 unspecified atom stereocenters. The Bertz CT molecular complexity index is 1340. The fourth-order valence-electron chi connectivity index (χ4n) is 3.97. The Kier molecular flexibility index (Phi) is 7.99. The lowest BCUT2D eigenvalue weighted by Crippen LogP contribution is -2.14. The molecular formula is C28H29F3N4O3. The van der Waals surface area contributed by atoms with Crippen LogP contribution in [0, 0.1) is 12.8 Å². The van der Waals surface area contributed by atoms with Crippen LogP contribution in [-0.2, 0) is 28.6 Å². The number of nitrogens with one attached hydrogen (secondary N) is 2. The van der Waals surface area contributed by atoms with Crippen LogP contribution in [0.1, 0.15) is 48.9 Å². The number of ketones is 1. The highest BCUT2D eigenvalue weighted by Gasteiger charge is 2.31. The van der Waals surface area contributed by atoms with Crippen LogP contribution in [0.3, 0.4) is 0 Å². The van der Waals surface area contributed by atoms with E-state index in [1.54, 1.807) is 24.3 Å². The molecule has 1 saturated carbocycles. The van der Waals surface area contributed by atoms with Crippen LogP contribution < -0.4 is 15.4 Å². The first-order chi connectivity index (χ1) is 18.0. The van der Waals surface area contributed by atoms with Gasteiger partial charge in [0.2, 0.25) is 11.8 Å². The number of carbonyl (C=O) groups excluding carboxylic acids is 2. The van der Waals surface area contributed by atoms with Gasteiger partial charge >= 0.3 is 6.18 Å². The summed E-state index contributed by atoms with van der Waals surface area (Å²) in [6.45, 7) is 5.49. The third-order valence-electron chi connectivity index (χ3n) is 5.94. The Morgan fingerprint density at radius 1 is 1.05 bits per heavy atom. The van der Waals surface area contributed by atoms with Crippen molar-refractivity contribution in [2.45, 2.75) is 58.7 Å². The van der Waals surface area contributed by atoms with Crippen molar-refractivity contribution >= 4 is 23.2 Å². The normalized spacial score (nSPS) is 13.3. The molecule has 0 spiro atoms. The third-order valence-corrected chi connectivity index (χ3v) is 5.94. The summed E-state index contributed by atoms with van der Waals surface area (Å²) in [5.41, 5.74) is 1.38. The van der Waals surface area contributed by atoms with Gasteiger partial charge in [-0.25, -0.2) is 9.97 Å². The maximum absolute atomic E-state index is 13.4. The predicted molar refractivity (Wildman–Crippen MR) is 137 cm³/mol. The monoisotopic (exact) mass is 526 g/mol. The van der Waals surface area contributed by atoms with E-state index in [-0.39, 0.29) is 42.4 Å². The summed E-state index contributed by atoms with van der Waals surface area (Å²) in [5.74, 6) is 0.857. The SMILES string of the molecule is Cc1cc(Oc2cc(NC(=O)C3CC3)ncn2)ccc1CC(=O)Cc1cc(NC(C)C)cc(C(F)(F)F)c1. The number of hydrogen-bond donors (Lipinski definition) is 2. The molecule has 1 fully saturated rings. The van der Waals surface area contributed by atoms with Crippen molar-refractivity contribution in [2.24, 2.45) is 5.92 Å². The Balaban J connectivity index is 1.41. The summed E-state index contributed by atoms with van der Waals surface area (Å²) >= 11 is 0. The third kappa shape index (κ3) is 7.53. The number of aromatic nitrogens is 2. The Labute approximate surface area is 218 Å². The quantitative estimate of drug-likeness (QED) is 0.331. The molecule has 10 heteroatoms. The van der Waals surface area contributed by atoms with Gasteiger partial charge in [-0.2, -0.15) is 13.2 Å². The van der Waals surface area contributed by atoms with Crippen molar-refractivity contribution in [2.75, 3.05) is 10.6 Å². The number of benzene rings is 2. The zero-order valence-electron chi connectivity index (χ0n) is 21.4. The van der Waals surface area contributed by atoms with Crippen LogP contribution in [0.25, 0.3) is 0 Å². The largest absolute Gasteiger partial charge is 0.439 e.